The lowest BCUT2D eigenvalue weighted by atomic mass is 9.88. The molecule has 0 amide bonds. The van der Waals surface area contributed by atoms with E-state index in [2.05, 4.69) is 111 Å². The summed E-state index contributed by atoms with van der Waals surface area (Å²) < 4.78 is 42.8. The number of halogens is 3. The van der Waals surface area contributed by atoms with Gasteiger partial charge in [-0.05, 0) is 148 Å². The van der Waals surface area contributed by atoms with Crippen LogP contribution in [0, 0.1) is 48.5 Å². The van der Waals surface area contributed by atoms with Crippen molar-refractivity contribution in [3.63, 3.8) is 0 Å². The van der Waals surface area contributed by atoms with Crippen molar-refractivity contribution < 1.29 is 13.2 Å². The number of fused-ring (bicyclic) bond motifs is 2. The summed E-state index contributed by atoms with van der Waals surface area (Å²) in [6.07, 6.45) is -4.58. The molecule has 51 heavy (non-hydrogen) atoms. The van der Waals surface area contributed by atoms with Crippen LogP contribution in [0.5, 0.6) is 0 Å². The quantitative estimate of drug-likeness (QED) is 0.181. The molecule has 0 unspecified atom stereocenters. The lowest BCUT2D eigenvalue weighted by Crippen LogP contribution is -2.20. The largest absolute Gasteiger partial charge is 0.418 e. The molecule has 6 aromatic carbocycles. The Balaban J connectivity index is 1.43. The normalized spacial score (nSPS) is 12.5. The fourth-order valence-electron chi connectivity index (χ4n) is 7.78. The number of aryl methyl sites for hydroxylation is 6. The molecule has 1 aliphatic heterocycles. The molecule has 0 aromatic heterocycles. The van der Waals surface area contributed by atoms with Crippen molar-refractivity contribution in [2.45, 2.75) is 64.4 Å². The van der Waals surface area contributed by atoms with Gasteiger partial charge in [-0.3, -0.25) is 0 Å². The molecule has 7 rings (SSSR count). The van der Waals surface area contributed by atoms with E-state index in [1.165, 1.54) is 23.9 Å². The van der Waals surface area contributed by atoms with Gasteiger partial charge >= 0.3 is 6.18 Å². The molecular weight excluding hydrogens is 660 g/mol. The Morgan fingerprint density at radius 1 is 0.588 bits per heavy atom. The van der Waals surface area contributed by atoms with Crippen molar-refractivity contribution in [1.82, 2.24) is 0 Å². The molecule has 2 N–H and O–H groups in total. The van der Waals surface area contributed by atoms with Gasteiger partial charge in [-0.2, -0.15) is 13.2 Å². The molecule has 6 aromatic rings. The van der Waals surface area contributed by atoms with Gasteiger partial charge in [0.1, 0.15) is 0 Å². The number of para-hydroxylation sites is 2. The minimum Gasteiger partial charge on any atom is -0.398 e. The van der Waals surface area contributed by atoms with Gasteiger partial charge in [-0.15, -0.1) is 0 Å². The van der Waals surface area contributed by atoms with E-state index in [1.54, 1.807) is 0 Å². The Labute approximate surface area is 302 Å². The molecule has 258 valence electrons. The molecule has 0 spiro atoms. The summed E-state index contributed by atoms with van der Waals surface area (Å²) in [6.45, 7) is 14.6. The number of nitrogens with zero attached hydrogens (tertiary/aromatic N) is 2. The molecule has 0 saturated carbocycles. The lowest BCUT2D eigenvalue weighted by molar-refractivity contribution is -0.136. The van der Waals surface area contributed by atoms with Crippen LogP contribution in [-0.4, -0.2) is 0 Å². The van der Waals surface area contributed by atoms with Crippen LogP contribution < -0.4 is 15.5 Å². The summed E-state index contributed by atoms with van der Waals surface area (Å²) in [6, 6.07) is 34.2. The lowest BCUT2D eigenvalue weighted by Gasteiger charge is -2.37. The van der Waals surface area contributed by atoms with Gasteiger partial charge in [0.05, 0.1) is 22.6 Å². The third kappa shape index (κ3) is 6.03. The van der Waals surface area contributed by atoms with Gasteiger partial charge in [-0.1, -0.05) is 65.9 Å². The second-order valence-corrected chi connectivity index (χ2v) is 14.6. The van der Waals surface area contributed by atoms with Crippen LogP contribution in [0.2, 0.25) is 0 Å². The zero-order chi connectivity index (χ0) is 36.4. The van der Waals surface area contributed by atoms with Crippen molar-refractivity contribution in [2.24, 2.45) is 0 Å². The van der Waals surface area contributed by atoms with E-state index in [0.29, 0.717) is 10.6 Å². The minimum atomic E-state index is -4.58. The van der Waals surface area contributed by atoms with E-state index < -0.39 is 11.7 Å². The molecule has 3 nitrogen and oxygen atoms in total. The highest BCUT2D eigenvalue weighted by Crippen LogP contribution is 2.57. The third-order valence-corrected chi connectivity index (χ3v) is 11.0. The molecule has 0 saturated heterocycles. The highest BCUT2D eigenvalue weighted by molar-refractivity contribution is 7.99. The van der Waals surface area contributed by atoms with Crippen molar-refractivity contribution >= 4 is 51.6 Å². The van der Waals surface area contributed by atoms with Crippen LogP contribution in [0.25, 0.3) is 11.1 Å². The molecule has 0 fully saturated rings. The maximum Gasteiger partial charge on any atom is 0.418 e. The standard InChI is InChI=1S/C44H40F3N3S/c1-25-18-29(5)42(30(6)19-25)50-37-23-35(44(45,46)47)36(48)24-39(37)51-43-31(7)41(28(4)22-38(43)50)40-26(2)20-34(21-27(40)3)49(32-14-10-8-11-15-32)33-16-12-9-13-17-33/h8-24H,48H2,1-7H3. The van der Waals surface area contributed by atoms with Crippen LogP contribution in [-0.2, 0) is 6.18 Å². The zero-order valence-corrected chi connectivity index (χ0v) is 30.6. The fraction of sp³-hybridized carbons (Fsp3) is 0.182. The first-order valence-electron chi connectivity index (χ1n) is 17.0. The Hall–Kier alpha value is -5.14. The minimum absolute atomic E-state index is 0.275. The molecule has 0 atom stereocenters. The molecular formula is C44H40F3N3S. The molecule has 0 radical (unpaired) electrons. The average Bonchev–Trinajstić information content (AvgIpc) is 3.06. The van der Waals surface area contributed by atoms with E-state index >= 15 is 0 Å². The van der Waals surface area contributed by atoms with Gasteiger partial charge in [0.15, 0.2) is 0 Å². The van der Waals surface area contributed by atoms with E-state index in [4.69, 9.17) is 5.73 Å². The van der Waals surface area contributed by atoms with E-state index in [1.807, 2.05) is 37.8 Å². The average molecular weight is 700 g/mol. The third-order valence-electron chi connectivity index (χ3n) is 9.74. The predicted octanol–water partition coefficient (Wildman–Crippen LogP) is 13.5. The van der Waals surface area contributed by atoms with Crippen molar-refractivity contribution in [1.29, 1.82) is 0 Å². The number of benzene rings is 6. The number of nitrogen functional groups attached to an aromatic ring is 1. The predicted molar refractivity (Wildman–Crippen MR) is 208 cm³/mol. The summed E-state index contributed by atoms with van der Waals surface area (Å²) in [5.41, 5.74) is 20.2. The molecule has 1 aliphatic rings. The summed E-state index contributed by atoms with van der Waals surface area (Å²) in [5, 5.41) is 0. The van der Waals surface area contributed by atoms with E-state index in [9.17, 15) is 13.2 Å². The SMILES string of the molecule is Cc1cc(C)c(N2c3cc(C(F)(F)F)c(N)cc3Sc3c2cc(C)c(-c2c(C)cc(N(c4ccccc4)c4ccccc4)cc2C)c3C)c(C)c1. The highest BCUT2D eigenvalue weighted by atomic mass is 32.2. The smallest absolute Gasteiger partial charge is 0.398 e. The number of anilines is 7. The Morgan fingerprint density at radius 2 is 1.12 bits per heavy atom. The van der Waals surface area contributed by atoms with Gasteiger partial charge in [0, 0.05) is 32.5 Å². The summed E-state index contributed by atoms with van der Waals surface area (Å²) >= 11 is 1.49. The Kier molecular flexibility index (Phi) is 8.67. The first-order chi connectivity index (χ1) is 24.2. The maximum absolute atomic E-state index is 14.3. The van der Waals surface area contributed by atoms with Crippen LogP contribution in [0.1, 0.15) is 44.5 Å². The number of hydrogen-bond acceptors (Lipinski definition) is 4. The number of nitrogens with two attached hydrogens (primary N) is 1. The van der Waals surface area contributed by atoms with Crippen LogP contribution in [0.3, 0.4) is 0 Å². The van der Waals surface area contributed by atoms with E-state index in [0.717, 1.165) is 83.4 Å². The van der Waals surface area contributed by atoms with Crippen LogP contribution >= 0.6 is 11.8 Å². The van der Waals surface area contributed by atoms with Crippen molar-refractivity contribution in [3.8, 4) is 11.1 Å². The topological polar surface area (TPSA) is 32.5 Å². The maximum atomic E-state index is 14.3. The first kappa shape index (κ1) is 34.3. The molecule has 0 aliphatic carbocycles. The monoisotopic (exact) mass is 699 g/mol. The fourth-order valence-corrected chi connectivity index (χ4v) is 8.95. The Morgan fingerprint density at radius 3 is 1.65 bits per heavy atom. The van der Waals surface area contributed by atoms with E-state index in [-0.39, 0.29) is 5.69 Å². The zero-order valence-electron chi connectivity index (χ0n) is 29.8. The van der Waals surface area contributed by atoms with Crippen LogP contribution in [0.4, 0.5) is 53.0 Å². The summed E-state index contributed by atoms with van der Waals surface area (Å²) in [7, 11) is 0. The second kappa shape index (κ2) is 12.9. The van der Waals surface area contributed by atoms with Crippen molar-refractivity contribution in [2.75, 3.05) is 15.5 Å². The number of alkyl halides is 3. The summed E-state index contributed by atoms with van der Waals surface area (Å²) in [5.74, 6) is 0. The van der Waals surface area contributed by atoms with Crippen LogP contribution in [0.15, 0.2) is 113 Å². The second-order valence-electron chi connectivity index (χ2n) is 13.6. The summed E-state index contributed by atoms with van der Waals surface area (Å²) in [4.78, 5) is 5.98. The van der Waals surface area contributed by atoms with Gasteiger partial charge < -0.3 is 15.5 Å². The highest BCUT2D eigenvalue weighted by Gasteiger charge is 2.37. The first-order valence-corrected chi connectivity index (χ1v) is 17.8. The molecule has 7 heteroatoms. The van der Waals surface area contributed by atoms with Gasteiger partial charge in [-0.25, -0.2) is 0 Å². The number of hydrogen-bond donors (Lipinski definition) is 1. The van der Waals surface area contributed by atoms with Gasteiger partial charge in [0.2, 0.25) is 0 Å². The van der Waals surface area contributed by atoms with Gasteiger partial charge in [0.25, 0.3) is 0 Å². The number of rotatable bonds is 5. The molecule has 1 heterocycles. The van der Waals surface area contributed by atoms with Crippen molar-refractivity contribution in [3.05, 3.63) is 148 Å². The molecule has 0 bridgehead atoms. The Bertz CT molecular complexity index is 2230.